The lowest BCUT2D eigenvalue weighted by molar-refractivity contribution is -0.149. The number of aliphatic hydroxyl groups is 1. The summed E-state index contributed by atoms with van der Waals surface area (Å²) in [6.45, 7) is 6.31. The third kappa shape index (κ3) is 6.59. The van der Waals surface area contributed by atoms with E-state index in [0.717, 1.165) is 10.8 Å². The van der Waals surface area contributed by atoms with Gasteiger partial charge in [-0.1, -0.05) is 25.1 Å². The van der Waals surface area contributed by atoms with Gasteiger partial charge in [-0.25, -0.2) is 13.8 Å². The van der Waals surface area contributed by atoms with Gasteiger partial charge in [0.05, 0.1) is 30.8 Å². The number of aryl methyl sites for hydroxylation is 1. The lowest BCUT2D eigenvalue weighted by Gasteiger charge is -2.30. The summed E-state index contributed by atoms with van der Waals surface area (Å²) in [7, 11) is -4.30. The molecule has 1 aromatic heterocycles. The lowest BCUT2D eigenvalue weighted by Crippen LogP contribution is -2.42. The third-order valence-electron chi connectivity index (χ3n) is 6.10. The van der Waals surface area contributed by atoms with Crippen LogP contribution < -0.4 is 20.9 Å². The zero-order valence-electron chi connectivity index (χ0n) is 21.8. The van der Waals surface area contributed by atoms with Crippen molar-refractivity contribution in [2.75, 3.05) is 13.2 Å². The second-order valence-electron chi connectivity index (χ2n) is 9.59. The third-order valence-corrected chi connectivity index (χ3v) is 7.75. The molecule has 1 aliphatic rings. The molecule has 0 radical (unpaired) electrons. The van der Waals surface area contributed by atoms with Crippen molar-refractivity contribution in [3.63, 3.8) is 0 Å². The van der Waals surface area contributed by atoms with E-state index in [1.165, 1.54) is 32.9 Å². The van der Waals surface area contributed by atoms with Gasteiger partial charge in [-0.2, -0.15) is 5.09 Å². The molecule has 3 N–H and O–H groups in total. The quantitative estimate of drug-likeness (QED) is 0.276. The zero-order chi connectivity index (χ0) is 28.3. The lowest BCUT2D eigenvalue weighted by atomic mass is 9.82. The van der Waals surface area contributed by atoms with Crippen molar-refractivity contribution in [3.8, 4) is 5.75 Å². The number of rotatable bonds is 11. The second-order valence-corrected chi connectivity index (χ2v) is 11.3. The molecule has 2 heterocycles. The van der Waals surface area contributed by atoms with Crippen LogP contribution in [0.4, 0.5) is 4.39 Å². The number of esters is 1. The van der Waals surface area contributed by atoms with Crippen LogP contribution >= 0.6 is 7.75 Å². The van der Waals surface area contributed by atoms with Crippen LogP contribution in [0.3, 0.4) is 0 Å². The number of alkyl halides is 1. The molecule has 0 amide bonds. The number of aromatic nitrogens is 2. The van der Waals surface area contributed by atoms with Crippen molar-refractivity contribution in [1.82, 2.24) is 14.6 Å². The van der Waals surface area contributed by atoms with Crippen molar-refractivity contribution in [1.29, 1.82) is 0 Å². The smallest absolute Gasteiger partial charge is 0.459 e. The molecule has 1 fully saturated rings. The summed E-state index contributed by atoms with van der Waals surface area (Å²) in [6.07, 6.45) is -3.89. The number of aromatic amines is 1. The average molecular weight is 558 g/mol. The van der Waals surface area contributed by atoms with Gasteiger partial charge in [-0.05, 0) is 39.8 Å². The Morgan fingerprint density at radius 1 is 1.29 bits per heavy atom. The number of hydrogen-bond acceptors (Lipinski definition) is 9. The van der Waals surface area contributed by atoms with E-state index in [4.69, 9.17) is 18.5 Å². The number of carbonyl (C=O) groups excluding carboxylic acids is 1. The van der Waals surface area contributed by atoms with E-state index in [-0.39, 0.29) is 11.3 Å². The number of ether oxygens (including phenoxy) is 2. The van der Waals surface area contributed by atoms with Crippen LogP contribution in [0.15, 0.2) is 46.1 Å². The molecule has 210 valence electrons. The Bertz CT molecular complexity index is 1280. The first kappa shape index (κ1) is 29.7. The predicted molar refractivity (Wildman–Crippen MR) is 135 cm³/mol. The van der Waals surface area contributed by atoms with Crippen molar-refractivity contribution >= 4 is 13.7 Å². The van der Waals surface area contributed by atoms with Crippen molar-refractivity contribution < 1.29 is 37.4 Å². The Kier molecular flexibility index (Phi) is 9.32. The summed E-state index contributed by atoms with van der Waals surface area (Å²) >= 11 is 0. The molecule has 1 aromatic carbocycles. The normalized spacial score (nSPS) is 25.6. The van der Waals surface area contributed by atoms with E-state index in [0.29, 0.717) is 0 Å². The first-order chi connectivity index (χ1) is 17.8. The molecule has 1 aliphatic heterocycles. The highest BCUT2D eigenvalue weighted by molar-refractivity contribution is 7.52. The van der Waals surface area contributed by atoms with Gasteiger partial charge in [-0.15, -0.1) is 0 Å². The number of halogens is 1. The van der Waals surface area contributed by atoms with E-state index in [1.54, 1.807) is 32.0 Å². The number of H-pyrrole nitrogens is 1. The number of para-hydroxylation sites is 1. The van der Waals surface area contributed by atoms with E-state index in [1.807, 2.05) is 0 Å². The van der Waals surface area contributed by atoms with E-state index in [9.17, 15) is 24.1 Å². The first-order valence-corrected chi connectivity index (χ1v) is 13.5. The fourth-order valence-corrected chi connectivity index (χ4v) is 5.29. The predicted octanol–water partition coefficient (Wildman–Crippen LogP) is 2.21. The molecule has 0 bridgehead atoms. The van der Waals surface area contributed by atoms with Gasteiger partial charge in [0.1, 0.15) is 11.8 Å². The van der Waals surface area contributed by atoms with Crippen LogP contribution in [0.1, 0.15) is 39.5 Å². The molecule has 1 saturated heterocycles. The summed E-state index contributed by atoms with van der Waals surface area (Å²) in [4.78, 5) is 38.5. The average Bonchev–Trinajstić information content (AvgIpc) is 3.10. The van der Waals surface area contributed by atoms with Gasteiger partial charge in [0.25, 0.3) is 5.56 Å². The van der Waals surface area contributed by atoms with Crippen molar-refractivity contribution in [2.45, 2.75) is 65.3 Å². The summed E-state index contributed by atoms with van der Waals surface area (Å²) in [5.74, 6) is -0.531. The highest BCUT2D eigenvalue weighted by Gasteiger charge is 2.56. The minimum atomic E-state index is -4.30. The fourth-order valence-electron chi connectivity index (χ4n) is 3.80. The Hall–Kier alpha value is -2.83. The van der Waals surface area contributed by atoms with Crippen LogP contribution in [-0.2, 0) is 23.4 Å². The number of carbonyl (C=O) groups is 1. The molecular weight excluding hydrogens is 524 g/mol. The summed E-state index contributed by atoms with van der Waals surface area (Å²) < 4.78 is 52.4. The fraction of sp³-hybridized carbons (Fsp3) is 0.542. The minimum absolute atomic E-state index is 0.151. The largest absolute Gasteiger partial charge is 0.462 e. The molecule has 0 aliphatic carbocycles. The Morgan fingerprint density at radius 2 is 1.95 bits per heavy atom. The second kappa shape index (κ2) is 11.9. The van der Waals surface area contributed by atoms with Crippen LogP contribution in [0.25, 0.3) is 0 Å². The van der Waals surface area contributed by atoms with Gasteiger partial charge < -0.3 is 19.1 Å². The van der Waals surface area contributed by atoms with Crippen LogP contribution in [0.2, 0.25) is 0 Å². The maximum atomic E-state index is 15.6. The SMILES string of the molecule is Cc1cn([C@@H]2O[C@H](COP(=O)(N[C@@H](C)C(=O)OC(C)C)Oc3ccccc3)C(C)(CO)C2F)c(=O)[nH]c1=O. The first-order valence-electron chi connectivity index (χ1n) is 12.0. The van der Waals surface area contributed by atoms with E-state index in [2.05, 4.69) is 10.1 Å². The number of nitrogens with zero attached hydrogens (tertiary/aromatic N) is 1. The molecule has 2 aromatic rings. The van der Waals surface area contributed by atoms with Crippen LogP contribution in [-0.4, -0.2) is 58.3 Å². The Balaban J connectivity index is 1.86. The van der Waals surface area contributed by atoms with Crippen LogP contribution in [0, 0.1) is 12.3 Å². The Morgan fingerprint density at radius 3 is 2.55 bits per heavy atom. The molecule has 3 rings (SSSR count). The summed E-state index contributed by atoms with van der Waals surface area (Å²) in [6, 6.07) is 6.94. The molecule has 0 saturated carbocycles. The van der Waals surface area contributed by atoms with Crippen molar-refractivity contribution in [2.24, 2.45) is 5.41 Å². The number of aliphatic hydroxyl groups excluding tert-OH is 1. The number of nitrogens with one attached hydrogen (secondary N) is 2. The Labute approximate surface area is 218 Å². The van der Waals surface area contributed by atoms with Crippen molar-refractivity contribution in [3.05, 3.63) is 62.9 Å². The monoisotopic (exact) mass is 557 g/mol. The van der Waals surface area contributed by atoms with E-state index >= 15 is 4.39 Å². The molecule has 0 spiro atoms. The number of benzene rings is 1. The summed E-state index contributed by atoms with van der Waals surface area (Å²) in [5.41, 5.74) is -2.96. The minimum Gasteiger partial charge on any atom is -0.462 e. The van der Waals surface area contributed by atoms with Gasteiger partial charge in [0.15, 0.2) is 12.4 Å². The molecular formula is C24H33FN3O9P. The maximum absolute atomic E-state index is 15.6. The van der Waals surface area contributed by atoms with Gasteiger partial charge in [0.2, 0.25) is 0 Å². The highest BCUT2D eigenvalue weighted by Crippen LogP contribution is 2.49. The topological polar surface area (TPSA) is 158 Å². The molecule has 3 unspecified atom stereocenters. The van der Waals surface area contributed by atoms with Gasteiger partial charge in [-0.3, -0.25) is 23.7 Å². The number of hydrogen-bond donors (Lipinski definition) is 3. The van der Waals surface area contributed by atoms with Gasteiger partial charge >= 0.3 is 19.4 Å². The summed E-state index contributed by atoms with van der Waals surface area (Å²) in [5, 5.41) is 12.6. The molecule has 12 nitrogen and oxygen atoms in total. The highest BCUT2D eigenvalue weighted by atomic mass is 31.2. The van der Waals surface area contributed by atoms with Crippen LogP contribution in [0.5, 0.6) is 5.75 Å². The van der Waals surface area contributed by atoms with E-state index < -0.39 is 74.2 Å². The maximum Gasteiger partial charge on any atom is 0.459 e. The molecule has 6 atom stereocenters. The molecule has 14 heteroatoms. The zero-order valence-corrected chi connectivity index (χ0v) is 22.6. The standard InChI is InChI=1S/C24H33FN3O9P/c1-14(2)35-22(31)16(4)27-38(33,37-17-9-7-6-8-10-17)34-12-18-24(5,13-29)19(25)21(36-18)28-11-15(3)20(30)26-23(28)32/h6-11,14,16,18-19,21,29H,12-13H2,1-5H3,(H,27,33)(H,26,30,32)/t16-,18+,19?,21+,24?,38?/m0/s1. The van der Waals surface area contributed by atoms with Gasteiger partial charge in [0, 0.05) is 11.8 Å². The molecule has 38 heavy (non-hydrogen) atoms.